The molecule has 1 aromatic carbocycles. The van der Waals surface area contributed by atoms with Crippen molar-refractivity contribution in [1.29, 1.82) is 0 Å². The lowest BCUT2D eigenvalue weighted by Crippen LogP contribution is -2.30. The molecule has 0 amide bonds. The van der Waals surface area contributed by atoms with E-state index in [9.17, 15) is 8.78 Å². The number of hydrogen-bond donors (Lipinski definition) is 2. The van der Waals surface area contributed by atoms with Gasteiger partial charge in [-0.1, -0.05) is 6.07 Å². The zero-order chi connectivity index (χ0) is 13.3. The molecular formula is C12H11ClF2N2O. The highest BCUT2D eigenvalue weighted by molar-refractivity contribution is 6.29. The molecule has 0 fully saturated rings. The molecule has 0 aliphatic carbocycles. The van der Waals surface area contributed by atoms with E-state index in [1.807, 2.05) is 0 Å². The maximum Gasteiger partial charge on any atom is 0.198 e. The monoisotopic (exact) mass is 272 g/mol. The standard InChI is InChI=1S/C12H11ClF2N2O/c1-6-2-3-8(14)9(10(6)15)11(17-16)7-4-5-18-12(7)13/h2-5,11,17H,16H2,1H3. The van der Waals surface area contributed by atoms with Gasteiger partial charge in [-0.05, 0) is 36.2 Å². The molecule has 18 heavy (non-hydrogen) atoms. The van der Waals surface area contributed by atoms with Crippen LogP contribution in [-0.4, -0.2) is 0 Å². The van der Waals surface area contributed by atoms with Crippen molar-refractivity contribution in [1.82, 2.24) is 5.43 Å². The Hall–Kier alpha value is -1.43. The van der Waals surface area contributed by atoms with E-state index in [0.717, 1.165) is 0 Å². The number of halogens is 3. The number of rotatable bonds is 3. The van der Waals surface area contributed by atoms with E-state index in [4.69, 9.17) is 21.9 Å². The summed E-state index contributed by atoms with van der Waals surface area (Å²) in [4.78, 5) is 0. The summed E-state index contributed by atoms with van der Waals surface area (Å²) in [6.45, 7) is 1.54. The van der Waals surface area contributed by atoms with E-state index < -0.39 is 17.7 Å². The lowest BCUT2D eigenvalue weighted by Gasteiger charge is -2.17. The molecule has 1 aromatic heterocycles. The van der Waals surface area contributed by atoms with Gasteiger partial charge in [0.1, 0.15) is 11.6 Å². The molecule has 0 aliphatic heterocycles. The number of furan rings is 1. The molecule has 0 aliphatic rings. The predicted molar refractivity (Wildman–Crippen MR) is 64.0 cm³/mol. The minimum atomic E-state index is -0.906. The number of nitrogens with two attached hydrogens (primary N) is 1. The number of hydrazine groups is 1. The van der Waals surface area contributed by atoms with Crippen molar-refractivity contribution in [2.24, 2.45) is 5.84 Å². The number of hydrogen-bond acceptors (Lipinski definition) is 3. The zero-order valence-electron chi connectivity index (χ0n) is 9.51. The van der Waals surface area contributed by atoms with Gasteiger partial charge in [0, 0.05) is 11.1 Å². The molecule has 0 radical (unpaired) electrons. The highest BCUT2D eigenvalue weighted by Crippen LogP contribution is 2.32. The molecule has 1 atom stereocenters. The molecule has 2 aromatic rings. The molecule has 0 bridgehead atoms. The van der Waals surface area contributed by atoms with Crippen LogP contribution < -0.4 is 11.3 Å². The van der Waals surface area contributed by atoms with E-state index in [1.165, 1.54) is 24.5 Å². The molecule has 0 saturated carbocycles. The van der Waals surface area contributed by atoms with E-state index in [2.05, 4.69) is 5.43 Å². The molecule has 96 valence electrons. The van der Waals surface area contributed by atoms with Crippen LogP contribution in [0.15, 0.2) is 28.9 Å². The van der Waals surface area contributed by atoms with Crippen LogP contribution in [0.2, 0.25) is 5.22 Å². The van der Waals surface area contributed by atoms with Crippen molar-refractivity contribution in [2.45, 2.75) is 13.0 Å². The summed E-state index contributed by atoms with van der Waals surface area (Å²) in [6.07, 6.45) is 1.33. The average molecular weight is 273 g/mol. The Morgan fingerprint density at radius 1 is 1.33 bits per heavy atom. The van der Waals surface area contributed by atoms with E-state index >= 15 is 0 Å². The van der Waals surface area contributed by atoms with E-state index in [0.29, 0.717) is 11.1 Å². The third-order valence-electron chi connectivity index (χ3n) is 2.73. The topological polar surface area (TPSA) is 51.2 Å². The summed E-state index contributed by atoms with van der Waals surface area (Å²) in [7, 11) is 0. The summed E-state index contributed by atoms with van der Waals surface area (Å²) >= 11 is 5.80. The van der Waals surface area contributed by atoms with Gasteiger partial charge in [0.2, 0.25) is 0 Å². The second kappa shape index (κ2) is 5.06. The second-order valence-electron chi connectivity index (χ2n) is 3.84. The highest BCUT2D eigenvalue weighted by atomic mass is 35.5. The predicted octanol–water partition coefficient (Wildman–Crippen LogP) is 3.07. The minimum absolute atomic E-state index is 0.0401. The van der Waals surface area contributed by atoms with Gasteiger partial charge in [-0.3, -0.25) is 5.84 Å². The summed E-state index contributed by atoms with van der Waals surface area (Å²) in [5.74, 6) is 4.02. The molecule has 3 nitrogen and oxygen atoms in total. The van der Waals surface area contributed by atoms with Gasteiger partial charge in [0.05, 0.1) is 12.3 Å². The number of aryl methyl sites for hydroxylation is 1. The van der Waals surface area contributed by atoms with Crippen LogP contribution in [0.5, 0.6) is 0 Å². The SMILES string of the molecule is Cc1ccc(F)c(C(NN)c2ccoc2Cl)c1F. The van der Waals surface area contributed by atoms with Gasteiger partial charge >= 0.3 is 0 Å². The van der Waals surface area contributed by atoms with Gasteiger partial charge < -0.3 is 4.42 Å². The van der Waals surface area contributed by atoms with Crippen LogP contribution in [0.25, 0.3) is 0 Å². The van der Waals surface area contributed by atoms with Crippen LogP contribution in [0.3, 0.4) is 0 Å². The minimum Gasteiger partial charge on any atom is -0.453 e. The van der Waals surface area contributed by atoms with Crippen molar-refractivity contribution >= 4 is 11.6 Å². The molecule has 3 N–H and O–H groups in total. The van der Waals surface area contributed by atoms with Gasteiger partial charge in [0.25, 0.3) is 0 Å². The fraction of sp³-hybridized carbons (Fsp3) is 0.167. The Morgan fingerprint density at radius 2 is 2.06 bits per heavy atom. The summed E-state index contributed by atoms with van der Waals surface area (Å²) < 4.78 is 32.7. The highest BCUT2D eigenvalue weighted by Gasteiger charge is 2.25. The first-order valence-corrected chi connectivity index (χ1v) is 5.57. The molecular weight excluding hydrogens is 262 g/mol. The molecule has 1 unspecified atom stereocenters. The van der Waals surface area contributed by atoms with Gasteiger partial charge in [0.15, 0.2) is 5.22 Å². The Kier molecular flexibility index (Phi) is 3.65. The number of benzene rings is 1. The van der Waals surface area contributed by atoms with Crippen molar-refractivity contribution in [3.8, 4) is 0 Å². The molecule has 6 heteroatoms. The molecule has 0 spiro atoms. The van der Waals surface area contributed by atoms with Gasteiger partial charge in [-0.15, -0.1) is 0 Å². The van der Waals surface area contributed by atoms with Crippen molar-refractivity contribution in [3.63, 3.8) is 0 Å². The molecule has 1 heterocycles. The third kappa shape index (κ3) is 2.12. The first-order chi connectivity index (χ1) is 8.56. The maximum absolute atomic E-state index is 14.0. The summed E-state index contributed by atoms with van der Waals surface area (Å²) in [5, 5.41) is 0.0401. The van der Waals surface area contributed by atoms with Crippen LogP contribution in [0.4, 0.5) is 8.78 Å². The first-order valence-electron chi connectivity index (χ1n) is 5.19. The number of nitrogens with one attached hydrogen (secondary N) is 1. The Morgan fingerprint density at radius 3 is 2.61 bits per heavy atom. The maximum atomic E-state index is 14.0. The average Bonchev–Trinajstić information content (AvgIpc) is 2.76. The van der Waals surface area contributed by atoms with Crippen LogP contribution >= 0.6 is 11.6 Å². The van der Waals surface area contributed by atoms with Crippen molar-refractivity contribution in [3.05, 3.63) is 58.0 Å². The Balaban J connectivity index is 2.59. The fourth-order valence-electron chi connectivity index (χ4n) is 1.78. The smallest absolute Gasteiger partial charge is 0.198 e. The fourth-order valence-corrected chi connectivity index (χ4v) is 2.01. The van der Waals surface area contributed by atoms with Crippen molar-refractivity contribution in [2.75, 3.05) is 0 Å². The largest absolute Gasteiger partial charge is 0.453 e. The van der Waals surface area contributed by atoms with Crippen LogP contribution in [0, 0.1) is 18.6 Å². The zero-order valence-corrected chi connectivity index (χ0v) is 10.3. The quantitative estimate of drug-likeness (QED) is 0.667. The van der Waals surface area contributed by atoms with E-state index in [-0.39, 0.29) is 10.8 Å². The summed E-state index contributed by atoms with van der Waals surface area (Å²) in [5.41, 5.74) is 2.87. The van der Waals surface area contributed by atoms with Crippen molar-refractivity contribution < 1.29 is 13.2 Å². The lowest BCUT2D eigenvalue weighted by molar-refractivity contribution is 0.501. The second-order valence-corrected chi connectivity index (χ2v) is 4.18. The van der Waals surface area contributed by atoms with Gasteiger partial charge in [-0.2, -0.15) is 0 Å². The molecule has 0 saturated heterocycles. The Bertz CT molecular complexity index is 571. The van der Waals surface area contributed by atoms with Crippen LogP contribution in [-0.2, 0) is 0 Å². The molecule has 2 rings (SSSR count). The first kappa shape index (κ1) is 13.0. The summed E-state index contributed by atoms with van der Waals surface area (Å²) in [6, 6.07) is 3.15. The van der Waals surface area contributed by atoms with Gasteiger partial charge in [-0.25, -0.2) is 14.2 Å². The lowest BCUT2D eigenvalue weighted by atomic mass is 9.98. The third-order valence-corrected chi connectivity index (χ3v) is 3.04. The van der Waals surface area contributed by atoms with E-state index in [1.54, 1.807) is 6.92 Å². The van der Waals surface area contributed by atoms with Crippen LogP contribution in [0.1, 0.15) is 22.7 Å². The Labute approximate surface area is 108 Å². The normalized spacial score (nSPS) is 12.7.